The molecule has 0 aliphatic heterocycles. The van der Waals surface area contributed by atoms with Gasteiger partial charge in [0.1, 0.15) is 5.15 Å². The van der Waals surface area contributed by atoms with Crippen LogP contribution in [0, 0.1) is 0 Å². The molecule has 0 radical (unpaired) electrons. The van der Waals surface area contributed by atoms with Crippen molar-refractivity contribution in [3.8, 4) is 5.69 Å². The molecule has 0 bridgehead atoms. The van der Waals surface area contributed by atoms with Crippen molar-refractivity contribution < 1.29 is 0 Å². The number of nitrogens with zero attached hydrogens (tertiary/aromatic N) is 1. The Labute approximate surface area is 123 Å². The number of hydrogen-bond acceptors (Lipinski definition) is 2. The Morgan fingerprint density at radius 1 is 1.16 bits per heavy atom. The zero-order valence-corrected chi connectivity index (χ0v) is 12.1. The Kier molecular flexibility index (Phi) is 4.04. The van der Waals surface area contributed by atoms with Gasteiger partial charge >= 0.3 is 5.69 Å². The van der Waals surface area contributed by atoms with E-state index in [0.29, 0.717) is 22.7 Å². The van der Waals surface area contributed by atoms with Crippen molar-refractivity contribution in [2.75, 3.05) is 0 Å². The van der Waals surface area contributed by atoms with Crippen molar-refractivity contribution in [3.05, 3.63) is 59.8 Å². The monoisotopic (exact) mass is 318 g/mol. The number of nitrogens with one attached hydrogen (secondary N) is 1. The Morgan fingerprint density at radius 3 is 2.42 bits per heavy atom. The van der Waals surface area contributed by atoms with E-state index in [4.69, 9.17) is 34.8 Å². The number of H-pyrrole nitrogens is 1. The van der Waals surface area contributed by atoms with Gasteiger partial charge < -0.3 is 0 Å². The third-order valence-corrected chi connectivity index (χ3v) is 3.72. The zero-order chi connectivity index (χ0) is 14.2. The van der Waals surface area contributed by atoms with Crippen molar-refractivity contribution in [3.63, 3.8) is 0 Å². The molecule has 0 amide bonds. The van der Waals surface area contributed by atoms with Crippen LogP contribution in [0.2, 0.25) is 15.2 Å². The fourth-order valence-corrected chi connectivity index (χ4v) is 2.30. The van der Waals surface area contributed by atoms with Crippen molar-refractivity contribution in [1.82, 2.24) is 9.55 Å². The van der Waals surface area contributed by atoms with Crippen molar-refractivity contribution in [2.45, 2.75) is 13.3 Å². The summed E-state index contributed by atoms with van der Waals surface area (Å²) in [6.07, 6.45) is 0.412. The molecule has 1 heterocycles. The molecule has 2 rings (SSSR count). The summed E-state index contributed by atoms with van der Waals surface area (Å²) in [4.78, 5) is 26.5. The normalized spacial score (nSPS) is 10.7. The zero-order valence-electron chi connectivity index (χ0n) is 9.84. The molecule has 0 saturated carbocycles. The van der Waals surface area contributed by atoms with Gasteiger partial charge in [0.05, 0.1) is 21.3 Å². The van der Waals surface area contributed by atoms with Crippen LogP contribution in [-0.2, 0) is 6.42 Å². The van der Waals surface area contributed by atoms with E-state index >= 15 is 0 Å². The minimum absolute atomic E-state index is 0.0637. The average molecular weight is 320 g/mol. The van der Waals surface area contributed by atoms with Crippen LogP contribution in [0.5, 0.6) is 0 Å². The highest BCUT2D eigenvalue weighted by molar-refractivity contribution is 6.42. The molecular formula is C12H9Cl3N2O2. The maximum atomic E-state index is 12.2. The standard InChI is InChI=1S/C12H9Cl3N2O2/c1-2-7-10(15)16-12(19)17(11(7)18)6-3-4-8(13)9(14)5-6/h3-5H,2H2,1H3,(H,16,19). The first-order chi connectivity index (χ1) is 8.95. The number of halogens is 3. The number of aromatic amines is 1. The van der Waals surface area contributed by atoms with E-state index in [-0.39, 0.29) is 10.2 Å². The third-order valence-electron chi connectivity index (χ3n) is 2.66. The van der Waals surface area contributed by atoms with E-state index in [0.717, 1.165) is 4.57 Å². The first-order valence-electron chi connectivity index (χ1n) is 5.44. The van der Waals surface area contributed by atoms with Gasteiger partial charge in [-0.05, 0) is 24.6 Å². The first-order valence-corrected chi connectivity index (χ1v) is 6.58. The van der Waals surface area contributed by atoms with Crippen LogP contribution >= 0.6 is 34.8 Å². The molecule has 0 spiro atoms. The molecule has 0 unspecified atom stereocenters. The Bertz CT molecular complexity index is 750. The molecule has 100 valence electrons. The molecule has 7 heteroatoms. The molecule has 0 saturated heterocycles. The Hall–Kier alpha value is -1.23. The van der Waals surface area contributed by atoms with E-state index in [9.17, 15) is 9.59 Å². The average Bonchev–Trinajstić information content (AvgIpc) is 2.33. The topological polar surface area (TPSA) is 54.9 Å². The molecule has 1 aromatic carbocycles. The predicted octanol–water partition coefficient (Wildman–Crippen LogP) is 3.05. The van der Waals surface area contributed by atoms with Gasteiger partial charge in [-0.2, -0.15) is 0 Å². The summed E-state index contributed by atoms with van der Waals surface area (Å²) in [5, 5.41) is 0.673. The highest BCUT2D eigenvalue weighted by Crippen LogP contribution is 2.23. The van der Waals surface area contributed by atoms with E-state index < -0.39 is 11.2 Å². The van der Waals surface area contributed by atoms with Crippen LogP contribution in [0.15, 0.2) is 27.8 Å². The minimum atomic E-state index is -0.620. The second-order valence-electron chi connectivity index (χ2n) is 3.82. The smallest absolute Gasteiger partial charge is 0.297 e. The third kappa shape index (κ3) is 2.56. The van der Waals surface area contributed by atoms with Crippen molar-refractivity contribution >= 4 is 34.8 Å². The lowest BCUT2D eigenvalue weighted by atomic mass is 10.2. The van der Waals surface area contributed by atoms with Crippen LogP contribution in [0.25, 0.3) is 5.69 Å². The van der Waals surface area contributed by atoms with Gasteiger partial charge in [0.2, 0.25) is 0 Å². The minimum Gasteiger partial charge on any atom is -0.297 e. The van der Waals surface area contributed by atoms with Gasteiger partial charge in [-0.3, -0.25) is 9.78 Å². The lowest BCUT2D eigenvalue weighted by molar-refractivity contribution is 0.842. The number of rotatable bonds is 2. The Balaban J connectivity index is 2.79. The SMILES string of the molecule is CCc1c(Cl)[nH]c(=O)n(-c2ccc(Cl)c(Cl)c2)c1=O. The number of aromatic nitrogens is 2. The van der Waals surface area contributed by atoms with Crippen molar-refractivity contribution in [2.24, 2.45) is 0 Å². The largest absolute Gasteiger partial charge is 0.334 e. The summed E-state index contributed by atoms with van der Waals surface area (Å²) < 4.78 is 0.979. The van der Waals surface area contributed by atoms with Gasteiger partial charge in [0.15, 0.2) is 0 Å². The summed E-state index contributed by atoms with van der Waals surface area (Å²) in [7, 11) is 0. The molecule has 2 aromatic rings. The van der Waals surface area contributed by atoms with Gasteiger partial charge in [-0.15, -0.1) is 0 Å². The quantitative estimate of drug-likeness (QED) is 0.865. The molecule has 19 heavy (non-hydrogen) atoms. The molecule has 0 fully saturated rings. The molecule has 1 N–H and O–H groups in total. The van der Waals surface area contributed by atoms with Gasteiger partial charge in [-0.25, -0.2) is 9.36 Å². The second-order valence-corrected chi connectivity index (χ2v) is 5.01. The van der Waals surface area contributed by atoms with E-state index in [1.165, 1.54) is 18.2 Å². The fourth-order valence-electron chi connectivity index (χ4n) is 1.71. The fraction of sp³-hybridized carbons (Fsp3) is 0.167. The highest BCUT2D eigenvalue weighted by Gasteiger charge is 2.13. The van der Waals surface area contributed by atoms with E-state index in [1.807, 2.05) is 0 Å². The maximum Gasteiger partial charge on any atom is 0.334 e. The van der Waals surface area contributed by atoms with Gasteiger partial charge in [0.25, 0.3) is 5.56 Å². The predicted molar refractivity (Wildman–Crippen MR) is 77.1 cm³/mol. The summed E-state index contributed by atoms with van der Waals surface area (Å²) >= 11 is 17.5. The summed E-state index contributed by atoms with van der Waals surface area (Å²) in [5.74, 6) is 0. The van der Waals surface area contributed by atoms with Gasteiger partial charge in [0, 0.05) is 0 Å². The first kappa shape index (κ1) is 14.2. The molecule has 4 nitrogen and oxygen atoms in total. The lowest BCUT2D eigenvalue weighted by Crippen LogP contribution is -2.36. The Morgan fingerprint density at radius 2 is 1.84 bits per heavy atom. The summed E-state index contributed by atoms with van der Waals surface area (Å²) in [5.41, 5.74) is -0.403. The summed E-state index contributed by atoms with van der Waals surface area (Å²) in [6.45, 7) is 1.78. The van der Waals surface area contributed by atoms with E-state index in [1.54, 1.807) is 6.92 Å². The molecule has 0 aliphatic rings. The van der Waals surface area contributed by atoms with Crippen molar-refractivity contribution in [1.29, 1.82) is 0 Å². The van der Waals surface area contributed by atoms with Gasteiger partial charge in [-0.1, -0.05) is 41.7 Å². The highest BCUT2D eigenvalue weighted by atomic mass is 35.5. The number of benzene rings is 1. The molecular weight excluding hydrogens is 311 g/mol. The van der Waals surface area contributed by atoms with Crippen LogP contribution in [0.4, 0.5) is 0 Å². The second kappa shape index (κ2) is 5.41. The lowest BCUT2D eigenvalue weighted by Gasteiger charge is -2.08. The van der Waals surface area contributed by atoms with Crippen LogP contribution in [0.3, 0.4) is 0 Å². The number of hydrogen-bond donors (Lipinski definition) is 1. The molecule has 1 aromatic heterocycles. The van der Waals surface area contributed by atoms with E-state index in [2.05, 4.69) is 4.98 Å². The van der Waals surface area contributed by atoms with Crippen LogP contribution < -0.4 is 11.2 Å². The maximum absolute atomic E-state index is 12.2. The van der Waals surface area contributed by atoms with Crippen LogP contribution in [-0.4, -0.2) is 9.55 Å². The van der Waals surface area contributed by atoms with Crippen LogP contribution in [0.1, 0.15) is 12.5 Å². The summed E-state index contributed by atoms with van der Waals surface area (Å²) in [6, 6.07) is 4.51. The molecule has 0 atom stereocenters. The molecule has 0 aliphatic carbocycles.